The number of hydrogen-bond donors (Lipinski definition) is 1. The lowest BCUT2D eigenvalue weighted by molar-refractivity contribution is 0.0697. The number of nitrogens with zero attached hydrogens (tertiary/aromatic N) is 1. The van der Waals surface area contributed by atoms with E-state index in [1.807, 2.05) is 29.6 Å². The van der Waals surface area contributed by atoms with E-state index in [9.17, 15) is 4.79 Å². The summed E-state index contributed by atoms with van der Waals surface area (Å²) in [5.41, 5.74) is 5.02. The van der Waals surface area contributed by atoms with Crippen LogP contribution in [0.5, 0.6) is 5.75 Å². The monoisotopic (exact) mass is 311 g/mol. The van der Waals surface area contributed by atoms with E-state index in [4.69, 9.17) is 9.84 Å². The van der Waals surface area contributed by atoms with Crippen molar-refractivity contribution in [2.75, 3.05) is 0 Å². The quantitative estimate of drug-likeness (QED) is 0.771. The second-order valence-electron chi connectivity index (χ2n) is 4.69. The Morgan fingerprint density at radius 2 is 1.82 bits per heavy atom. The zero-order valence-corrected chi connectivity index (χ0v) is 12.4. The second kappa shape index (κ2) is 6.41. The maximum absolute atomic E-state index is 10.8. The van der Waals surface area contributed by atoms with Crippen molar-refractivity contribution in [2.45, 2.75) is 6.61 Å². The number of benzene rings is 2. The molecule has 2 aromatic carbocycles. The summed E-state index contributed by atoms with van der Waals surface area (Å²) in [7, 11) is 0. The minimum absolute atomic E-state index is 0.274. The summed E-state index contributed by atoms with van der Waals surface area (Å²) < 4.78 is 5.70. The van der Waals surface area contributed by atoms with E-state index in [0.29, 0.717) is 6.61 Å². The molecule has 4 nitrogen and oxygen atoms in total. The van der Waals surface area contributed by atoms with Gasteiger partial charge < -0.3 is 9.84 Å². The third kappa shape index (κ3) is 3.32. The number of rotatable bonds is 5. The molecule has 22 heavy (non-hydrogen) atoms. The first kappa shape index (κ1) is 14.3. The van der Waals surface area contributed by atoms with Gasteiger partial charge in [-0.05, 0) is 42.0 Å². The highest BCUT2D eigenvalue weighted by atomic mass is 32.1. The second-order valence-corrected chi connectivity index (χ2v) is 5.41. The number of thiazole rings is 1. The molecule has 0 unspecified atom stereocenters. The molecular weight excluding hydrogens is 298 g/mol. The number of hydrogen-bond acceptors (Lipinski definition) is 4. The molecule has 0 aliphatic rings. The summed E-state index contributed by atoms with van der Waals surface area (Å²) in [5.74, 6) is -0.161. The lowest BCUT2D eigenvalue weighted by Gasteiger charge is -2.07. The molecule has 1 aromatic heterocycles. The first-order chi connectivity index (χ1) is 10.7. The van der Waals surface area contributed by atoms with Crippen LogP contribution in [0.25, 0.3) is 11.3 Å². The van der Waals surface area contributed by atoms with E-state index < -0.39 is 5.97 Å². The van der Waals surface area contributed by atoms with E-state index in [0.717, 1.165) is 22.6 Å². The van der Waals surface area contributed by atoms with Gasteiger partial charge in [0.05, 0.1) is 16.8 Å². The van der Waals surface area contributed by atoms with Crippen LogP contribution in [-0.4, -0.2) is 16.1 Å². The first-order valence-corrected chi connectivity index (χ1v) is 7.60. The number of ether oxygens (including phenoxy) is 1. The number of aromatic carboxylic acids is 1. The summed E-state index contributed by atoms with van der Waals surface area (Å²) in [5, 5.41) is 10.9. The van der Waals surface area contributed by atoms with E-state index in [1.165, 1.54) is 0 Å². The van der Waals surface area contributed by atoms with Gasteiger partial charge in [0.25, 0.3) is 0 Å². The predicted octanol–water partition coefficient (Wildman–Crippen LogP) is 4.09. The molecule has 0 amide bonds. The van der Waals surface area contributed by atoms with Crippen LogP contribution in [0.2, 0.25) is 0 Å². The van der Waals surface area contributed by atoms with Gasteiger partial charge in [-0.25, -0.2) is 9.78 Å². The molecule has 0 saturated carbocycles. The Balaban J connectivity index is 1.63. The molecule has 3 aromatic rings. The third-order valence-electron chi connectivity index (χ3n) is 3.19. The van der Waals surface area contributed by atoms with Crippen molar-refractivity contribution < 1.29 is 14.6 Å². The van der Waals surface area contributed by atoms with Crippen LogP contribution in [0.1, 0.15) is 15.9 Å². The van der Waals surface area contributed by atoms with Gasteiger partial charge in [-0.15, -0.1) is 11.3 Å². The molecule has 3 rings (SSSR count). The van der Waals surface area contributed by atoms with Crippen molar-refractivity contribution in [2.24, 2.45) is 0 Å². The van der Waals surface area contributed by atoms with Crippen molar-refractivity contribution in [1.29, 1.82) is 0 Å². The molecule has 0 spiro atoms. The van der Waals surface area contributed by atoms with Gasteiger partial charge in [-0.3, -0.25) is 0 Å². The number of carboxylic acids is 1. The maximum Gasteiger partial charge on any atom is 0.335 e. The minimum atomic E-state index is -0.926. The summed E-state index contributed by atoms with van der Waals surface area (Å²) in [4.78, 5) is 15.0. The number of carbonyl (C=O) groups is 1. The lowest BCUT2D eigenvalue weighted by Crippen LogP contribution is -1.98. The normalized spacial score (nSPS) is 10.4. The SMILES string of the molecule is O=C(O)c1ccc(COc2ccc(-c3cscn3)cc2)cc1. The van der Waals surface area contributed by atoms with E-state index in [2.05, 4.69) is 4.98 Å². The third-order valence-corrected chi connectivity index (χ3v) is 3.78. The molecule has 0 fully saturated rings. The van der Waals surface area contributed by atoms with Crippen LogP contribution >= 0.6 is 11.3 Å². The van der Waals surface area contributed by atoms with Crippen LogP contribution in [0.15, 0.2) is 59.4 Å². The van der Waals surface area contributed by atoms with E-state index in [-0.39, 0.29) is 5.56 Å². The smallest absolute Gasteiger partial charge is 0.335 e. The number of carboxylic acid groups (broad SMARTS) is 1. The maximum atomic E-state index is 10.8. The Morgan fingerprint density at radius 1 is 1.09 bits per heavy atom. The van der Waals surface area contributed by atoms with Gasteiger partial charge in [-0.2, -0.15) is 0 Å². The average Bonchev–Trinajstić information content (AvgIpc) is 3.08. The Labute approximate surface area is 131 Å². The molecule has 5 heteroatoms. The summed E-state index contributed by atoms with van der Waals surface area (Å²) in [6.45, 7) is 0.399. The highest BCUT2D eigenvalue weighted by Gasteiger charge is 2.03. The lowest BCUT2D eigenvalue weighted by atomic mass is 10.1. The van der Waals surface area contributed by atoms with Crippen LogP contribution in [0.4, 0.5) is 0 Å². The minimum Gasteiger partial charge on any atom is -0.489 e. The van der Waals surface area contributed by atoms with Crippen LogP contribution in [-0.2, 0) is 6.61 Å². The summed E-state index contributed by atoms with van der Waals surface area (Å²) in [6, 6.07) is 14.4. The fourth-order valence-electron chi connectivity index (χ4n) is 1.99. The molecule has 0 atom stereocenters. The van der Waals surface area contributed by atoms with Crippen molar-refractivity contribution in [1.82, 2.24) is 4.98 Å². The largest absolute Gasteiger partial charge is 0.489 e. The molecule has 0 bridgehead atoms. The zero-order chi connectivity index (χ0) is 15.4. The standard InChI is InChI=1S/C17H13NO3S/c19-17(20)14-3-1-12(2-4-14)9-21-15-7-5-13(6-8-15)16-10-22-11-18-16/h1-8,10-11H,9H2,(H,19,20). The first-order valence-electron chi connectivity index (χ1n) is 6.66. The Hall–Kier alpha value is -2.66. The van der Waals surface area contributed by atoms with Crippen molar-refractivity contribution in [3.63, 3.8) is 0 Å². The van der Waals surface area contributed by atoms with Crippen LogP contribution in [0, 0.1) is 0 Å². The summed E-state index contributed by atoms with van der Waals surface area (Å²) >= 11 is 1.57. The van der Waals surface area contributed by atoms with Crippen molar-refractivity contribution in [3.05, 3.63) is 70.5 Å². The molecule has 1 heterocycles. The fourth-order valence-corrected chi connectivity index (χ4v) is 2.55. The summed E-state index contributed by atoms with van der Waals surface area (Å²) in [6.07, 6.45) is 0. The molecule has 110 valence electrons. The van der Waals surface area contributed by atoms with Crippen molar-refractivity contribution in [3.8, 4) is 17.0 Å². The Kier molecular flexibility index (Phi) is 4.16. The molecule has 0 aliphatic heterocycles. The Bertz CT molecular complexity index is 750. The van der Waals surface area contributed by atoms with Crippen LogP contribution < -0.4 is 4.74 Å². The zero-order valence-electron chi connectivity index (χ0n) is 11.6. The van der Waals surface area contributed by atoms with E-state index >= 15 is 0 Å². The predicted molar refractivity (Wildman–Crippen MR) is 85.3 cm³/mol. The van der Waals surface area contributed by atoms with Crippen LogP contribution in [0.3, 0.4) is 0 Å². The van der Waals surface area contributed by atoms with Gasteiger partial charge in [-0.1, -0.05) is 12.1 Å². The molecule has 0 aliphatic carbocycles. The van der Waals surface area contributed by atoms with Crippen molar-refractivity contribution >= 4 is 17.3 Å². The van der Waals surface area contributed by atoms with Gasteiger partial charge in [0, 0.05) is 10.9 Å². The van der Waals surface area contributed by atoms with E-state index in [1.54, 1.807) is 41.1 Å². The highest BCUT2D eigenvalue weighted by molar-refractivity contribution is 7.07. The fraction of sp³-hybridized carbons (Fsp3) is 0.0588. The molecule has 0 saturated heterocycles. The average molecular weight is 311 g/mol. The van der Waals surface area contributed by atoms with Gasteiger partial charge in [0.15, 0.2) is 0 Å². The molecular formula is C17H13NO3S. The number of aromatic nitrogens is 1. The van der Waals surface area contributed by atoms with Gasteiger partial charge >= 0.3 is 5.97 Å². The highest BCUT2D eigenvalue weighted by Crippen LogP contribution is 2.22. The topological polar surface area (TPSA) is 59.4 Å². The van der Waals surface area contributed by atoms with Gasteiger partial charge in [0.1, 0.15) is 12.4 Å². The molecule has 1 N–H and O–H groups in total. The Morgan fingerprint density at radius 3 is 2.41 bits per heavy atom. The molecule has 0 radical (unpaired) electrons. The van der Waals surface area contributed by atoms with Gasteiger partial charge in [0.2, 0.25) is 0 Å².